The van der Waals surface area contributed by atoms with E-state index in [0.29, 0.717) is 13.0 Å². The number of carbonyl (C=O) groups is 4. The molecular formula is C19H24N2O5. The molecule has 2 rings (SSSR count). The van der Waals surface area contributed by atoms with Crippen molar-refractivity contribution in [3.63, 3.8) is 0 Å². The van der Waals surface area contributed by atoms with Crippen LogP contribution in [0.25, 0.3) is 0 Å². The van der Waals surface area contributed by atoms with Gasteiger partial charge in [0.1, 0.15) is 6.61 Å². The third-order valence-corrected chi connectivity index (χ3v) is 4.32. The lowest BCUT2D eigenvalue weighted by Crippen LogP contribution is -2.48. The molecule has 0 aliphatic carbocycles. The molecule has 26 heavy (non-hydrogen) atoms. The summed E-state index contributed by atoms with van der Waals surface area (Å²) in [6.45, 7) is 4.08. The summed E-state index contributed by atoms with van der Waals surface area (Å²) in [4.78, 5) is 47.9. The fourth-order valence-electron chi connectivity index (χ4n) is 2.84. The first-order chi connectivity index (χ1) is 12.4. The van der Waals surface area contributed by atoms with E-state index in [9.17, 15) is 19.2 Å². The smallest absolute Gasteiger partial charge is 0.408 e. The molecule has 7 heteroatoms. The molecule has 1 aliphatic rings. The molecule has 1 aromatic carbocycles. The number of hydrogen-bond donors (Lipinski definition) is 2. The molecule has 2 amide bonds. The minimum absolute atomic E-state index is 0.0614. The van der Waals surface area contributed by atoms with Crippen molar-refractivity contribution in [1.82, 2.24) is 10.6 Å². The van der Waals surface area contributed by atoms with Crippen molar-refractivity contribution in [2.45, 2.75) is 39.3 Å². The topological polar surface area (TPSA) is 102 Å². The molecule has 0 aromatic heterocycles. The predicted octanol–water partition coefficient (Wildman–Crippen LogP) is 1.60. The van der Waals surface area contributed by atoms with Crippen LogP contribution < -0.4 is 10.6 Å². The van der Waals surface area contributed by atoms with Gasteiger partial charge in [-0.2, -0.15) is 0 Å². The Bertz CT molecular complexity index is 672. The van der Waals surface area contributed by atoms with Crippen molar-refractivity contribution in [3.05, 3.63) is 35.9 Å². The van der Waals surface area contributed by atoms with Crippen LogP contribution in [0.2, 0.25) is 0 Å². The summed E-state index contributed by atoms with van der Waals surface area (Å²) in [5.74, 6) is -2.28. The summed E-state index contributed by atoms with van der Waals surface area (Å²) >= 11 is 0. The van der Waals surface area contributed by atoms with Gasteiger partial charge in [0.05, 0.1) is 6.04 Å². The molecule has 1 aromatic rings. The monoisotopic (exact) mass is 360 g/mol. The zero-order valence-electron chi connectivity index (χ0n) is 15.0. The van der Waals surface area contributed by atoms with Crippen LogP contribution in [0.4, 0.5) is 4.79 Å². The molecule has 1 aliphatic heterocycles. The zero-order chi connectivity index (χ0) is 19.1. The maximum absolute atomic E-state index is 12.6. The number of benzene rings is 1. The number of piperidine rings is 1. The minimum atomic E-state index is -0.768. The van der Waals surface area contributed by atoms with Crippen molar-refractivity contribution in [2.24, 2.45) is 11.8 Å². The molecule has 1 fully saturated rings. The number of nitrogens with one attached hydrogen (secondary N) is 2. The van der Waals surface area contributed by atoms with Gasteiger partial charge in [-0.1, -0.05) is 44.2 Å². The molecular weight excluding hydrogens is 336 g/mol. The Balaban J connectivity index is 1.90. The normalized spacial score (nSPS) is 18.2. The Labute approximate surface area is 152 Å². The van der Waals surface area contributed by atoms with Gasteiger partial charge in [0.25, 0.3) is 5.91 Å². The standard InChI is InChI=1S/C19H24N2O5/c1-12(2)16(15(22)10-14-8-9-20-18(24)17(14)23)21-19(25)26-11-13-6-4-3-5-7-13/h3-7,12,14,16H,8-11H2,1-2H3,(H,20,24)(H,21,25)/t14?,16-/m0/s1. The summed E-state index contributed by atoms with van der Waals surface area (Å²) in [5.41, 5.74) is 0.842. The Morgan fingerprint density at radius 2 is 1.92 bits per heavy atom. The largest absolute Gasteiger partial charge is 0.445 e. The first kappa shape index (κ1) is 19.6. The van der Waals surface area contributed by atoms with Gasteiger partial charge in [-0.15, -0.1) is 0 Å². The molecule has 0 spiro atoms. The van der Waals surface area contributed by atoms with Crippen LogP contribution >= 0.6 is 0 Å². The number of rotatable bonds is 7. The van der Waals surface area contributed by atoms with Crippen LogP contribution in [0.15, 0.2) is 30.3 Å². The van der Waals surface area contributed by atoms with Crippen LogP contribution in [-0.4, -0.2) is 36.2 Å². The number of hydrogen-bond acceptors (Lipinski definition) is 5. The predicted molar refractivity (Wildman–Crippen MR) is 94.1 cm³/mol. The average Bonchev–Trinajstić information content (AvgIpc) is 2.62. The SMILES string of the molecule is CC(C)[C@H](NC(=O)OCc1ccccc1)C(=O)CC1CCNC(=O)C1=O. The van der Waals surface area contributed by atoms with Gasteiger partial charge >= 0.3 is 6.09 Å². The number of alkyl carbamates (subject to hydrolysis) is 1. The molecule has 2 N–H and O–H groups in total. The number of carbonyl (C=O) groups excluding carboxylic acids is 4. The van der Waals surface area contributed by atoms with Crippen LogP contribution in [0.1, 0.15) is 32.3 Å². The third-order valence-electron chi connectivity index (χ3n) is 4.32. The lowest BCUT2D eigenvalue weighted by molar-refractivity contribution is -0.143. The Morgan fingerprint density at radius 3 is 2.58 bits per heavy atom. The van der Waals surface area contributed by atoms with Crippen LogP contribution in [0.3, 0.4) is 0 Å². The summed E-state index contributed by atoms with van der Waals surface area (Å²) < 4.78 is 5.15. The summed E-state index contributed by atoms with van der Waals surface area (Å²) in [6, 6.07) is 8.44. The molecule has 1 saturated heterocycles. The highest BCUT2D eigenvalue weighted by Crippen LogP contribution is 2.17. The van der Waals surface area contributed by atoms with Crippen molar-refractivity contribution in [1.29, 1.82) is 0 Å². The highest BCUT2D eigenvalue weighted by molar-refractivity contribution is 6.37. The molecule has 1 unspecified atom stereocenters. The second-order valence-corrected chi connectivity index (χ2v) is 6.70. The van der Waals surface area contributed by atoms with Gasteiger partial charge in [0.2, 0.25) is 5.78 Å². The van der Waals surface area contributed by atoms with Crippen LogP contribution in [-0.2, 0) is 25.7 Å². The van der Waals surface area contributed by atoms with E-state index in [2.05, 4.69) is 10.6 Å². The molecule has 140 valence electrons. The van der Waals surface area contributed by atoms with Crippen molar-refractivity contribution < 1.29 is 23.9 Å². The number of Topliss-reactive ketones (excluding diaryl/α,β-unsaturated/α-hetero) is 2. The van der Waals surface area contributed by atoms with Crippen molar-refractivity contribution >= 4 is 23.6 Å². The fraction of sp³-hybridized carbons (Fsp3) is 0.474. The molecule has 7 nitrogen and oxygen atoms in total. The van der Waals surface area contributed by atoms with E-state index >= 15 is 0 Å². The average molecular weight is 360 g/mol. The Morgan fingerprint density at radius 1 is 1.23 bits per heavy atom. The van der Waals surface area contributed by atoms with Gasteiger partial charge in [-0.25, -0.2) is 4.79 Å². The maximum atomic E-state index is 12.6. The minimum Gasteiger partial charge on any atom is -0.445 e. The molecule has 1 heterocycles. The van der Waals surface area contributed by atoms with E-state index in [1.165, 1.54) is 0 Å². The van der Waals surface area contributed by atoms with E-state index in [1.54, 1.807) is 13.8 Å². The van der Waals surface area contributed by atoms with Gasteiger partial charge < -0.3 is 15.4 Å². The van der Waals surface area contributed by atoms with E-state index in [1.807, 2.05) is 30.3 Å². The van der Waals surface area contributed by atoms with E-state index in [-0.39, 0.29) is 24.7 Å². The van der Waals surface area contributed by atoms with Crippen LogP contribution in [0, 0.1) is 11.8 Å². The van der Waals surface area contributed by atoms with Gasteiger partial charge in [0.15, 0.2) is 5.78 Å². The highest BCUT2D eigenvalue weighted by Gasteiger charge is 2.34. The Kier molecular flexibility index (Phi) is 6.89. The first-order valence-corrected chi connectivity index (χ1v) is 8.70. The number of ether oxygens (including phenoxy) is 1. The Hall–Kier alpha value is -2.70. The second kappa shape index (κ2) is 9.12. The molecule has 2 atom stereocenters. The molecule has 0 saturated carbocycles. The first-order valence-electron chi connectivity index (χ1n) is 8.70. The van der Waals surface area contributed by atoms with Crippen molar-refractivity contribution in [2.75, 3.05) is 6.54 Å². The van der Waals surface area contributed by atoms with Crippen LogP contribution in [0.5, 0.6) is 0 Å². The summed E-state index contributed by atoms with van der Waals surface area (Å²) in [7, 11) is 0. The van der Waals surface area contributed by atoms with Gasteiger partial charge in [-0.3, -0.25) is 14.4 Å². The fourth-order valence-corrected chi connectivity index (χ4v) is 2.84. The lowest BCUT2D eigenvalue weighted by atomic mass is 9.87. The van der Waals surface area contributed by atoms with E-state index in [4.69, 9.17) is 4.74 Å². The lowest BCUT2D eigenvalue weighted by Gasteiger charge is -2.25. The van der Waals surface area contributed by atoms with E-state index in [0.717, 1.165) is 5.56 Å². The second-order valence-electron chi connectivity index (χ2n) is 6.70. The van der Waals surface area contributed by atoms with Gasteiger partial charge in [0, 0.05) is 18.9 Å². The number of ketones is 2. The number of amides is 2. The van der Waals surface area contributed by atoms with E-state index < -0.39 is 29.7 Å². The third kappa shape index (κ3) is 5.40. The summed E-state index contributed by atoms with van der Waals surface area (Å²) in [5, 5.41) is 5.04. The van der Waals surface area contributed by atoms with Gasteiger partial charge in [-0.05, 0) is 17.9 Å². The highest BCUT2D eigenvalue weighted by atomic mass is 16.5. The maximum Gasteiger partial charge on any atom is 0.408 e. The van der Waals surface area contributed by atoms with Crippen molar-refractivity contribution in [3.8, 4) is 0 Å². The summed E-state index contributed by atoms with van der Waals surface area (Å²) in [6.07, 6.45) is -0.318. The zero-order valence-corrected chi connectivity index (χ0v) is 15.0. The quantitative estimate of drug-likeness (QED) is 0.719. The molecule has 0 bridgehead atoms. The molecule has 0 radical (unpaired) electrons.